The smallest absolute Gasteiger partial charge is 0.339 e. The minimum absolute atomic E-state index is 0.0356. The number of rotatable bonds is 5. The Bertz CT molecular complexity index is 551. The average Bonchev–Trinajstić information content (AvgIpc) is 3.30. The maximum atomic E-state index is 12.7. The summed E-state index contributed by atoms with van der Waals surface area (Å²) >= 11 is 0. The van der Waals surface area contributed by atoms with Gasteiger partial charge in [-0.3, -0.25) is 4.79 Å². The van der Waals surface area contributed by atoms with Gasteiger partial charge in [-0.05, 0) is 36.8 Å². The molecule has 1 amide bonds. The first-order chi connectivity index (χ1) is 10.2. The van der Waals surface area contributed by atoms with E-state index in [1.165, 1.54) is 12.8 Å². The van der Waals surface area contributed by atoms with E-state index in [4.69, 9.17) is 4.74 Å². The molecule has 3 rings (SSSR count). The number of carbonyl (C=O) groups is 2. The van der Waals surface area contributed by atoms with Gasteiger partial charge in [-0.2, -0.15) is 0 Å². The summed E-state index contributed by atoms with van der Waals surface area (Å²) in [5.41, 5.74) is 1.50. The first-order valence-corrected chi connectivity index (χ1v) is 7.76. The van der Waals surface area contributed by atoms with Gasteiger partial charge in [0.05, 0.1) is 5.56 Å². The third-order valence-electron chi connectivity index (χ3n) is 4.15. The number of ether oxygens (including phenoxy) is 1. The fraction of sp³-hybridized carbons (Fsp3) is 0.529. The van der Waals surface area contributed by atoms with Crippen molar-refractivity contribution in [3.63, 3.8) is 0 Å². The molecule has 1 saturated carbocycles. The summed E-state index contributed by atoms with van der Waals surface area (Å²) in [6.45, 7) is 3.61. The van der Waals surface area contributed by atoms with Crippen LogP contribution in [0.1, 0.15) is 42.1 Å². The van der Waals surface area contributed by atoms with Gasteiger partial charge < -0.3 is 9.64 Å². The van der Waals surface area contributed by atoms with Crippen LogP contribution in [0.3, 0.4) is 0 Å². The van der Waals surface area contributed by atoms with Crippen LogP contribution in [-0.2, 0) is 16.0 Å². The summed E-state index contributed by atoms with van der Waals surface area (Å²) in [6.07, 6.45) is 3.18. The van der Waals surface area contributed by atoms with Gasteiger partial charge in [0.1, 0.15) is 0 Å². The van der Waals surface area contributed by atoms with Crippen LogP contribution in [-0.4, -0.2) is 36.0 Å². The van der Waals surface area contributed by atoms with Crippen LogP contribution in [0.25, 0.3) is 0 Å². The SMILES string of the molecule is CCCN(CC1CC1)C(=O)C1Cc2ccccc2C(=O)O1. The summed E-state index contributed by atoms with van der Waals surface area (Å²) in [4.78, 5) is 26.6. The van der Waals surface area contributed by atoms with E-state index >= 15 is 0 Å². The average molecular weight is 287 g/mol. The Morgan fingerprint density at radius 3 is 2.81 bits per heavy atom. The van der Waals surface area contributed by atoms with Crippen molar-refractivity contribution in [1.82, 2.24) is 4.90 Å². The molecule has 112 valence electrons. The molecule has 1 aromatic carbocycles. The molecule has 1 atom stereocenters. The number of cyclic esters (lactones) is 1. The van der Waals surface area contributed by atoms with E-state index < -0.39 is 6.10 Å². The Morgan fingerprint density at radius 2 is 2.10 bits per heavy atom. The van der Waals surface area contributed by atoms with Crippen molar-refractivity contribution in [3.8, 4) is 0 Å². The first kappa shape index (κ1) is 14.1. The van der Waals surface area contributed by atoms with Gasteiger partial charge in [0, 0.05) is 19.5 Å². The Kier molecular flexibility index (Phi) is 3.95. The Morgan fingerprint density at radius 1 is 1.33 bits per heavy atom. The van der Waals surface area contributed by atoms with Gasteiger partial charge in [-0.15, -0.1) is 0 Å². The molecule has 0 radical (unpaired) electrons. The van der Waals surface area contributed by atoms with Crippen LogP contribution in [0.2, 0.25) is 0 Å². The van der Waals surface area contributed by atoms with Gasteiger partial charge in [-0.1, -0.05) is 25.1 Å². The Labute approximate surface area is 125 Å². The van der Waals surface area contributed by atoms with E-state index in [1.54, 1.807) is 6.07 Å². The largest absolute Gasteiger partial charge is 0.448 e. The second-order valence-corrected chi connectivity index (χ2v) is 5.98. The molecular weight excluding hydrogens is 266 g/mol. The van der Waals surface area contributed by atoms with Gasteiger partial charge in [0.15, 0.2) is 6.10 Å². The predicted octanol–water partition coefficient (Wildman–Crippen LogP) is 2.42. The number of hydrogen-bond acceptors (Lipinski definition) is 3. The van der Waals surface area contributed by atoms with Crippen LogP contribution in [0.5, 0.6) is 0 Å². The predicted molar refractivity (Wildman–Crippen MR) is 78.9 cm³/mol. The van der Waals surface area contributed by atoms with Crippen LogP contribution in [0.4, 0.5) is 0 Å². The quantitative estimate of drug-likeness (QED) is 0.781. The highest BCUT2D eigenvalue weighted by atomic mass is 16.5. The Balaban J connectivity index is 1.74. The lowest BCUT2D eigenvalue weighted by Gasteiger charge is -2.29. The van der Waals surface area contributed by atoms with Gasteiger partial charge >= 0.3 is 5.97 Å². The molecule has 1 aromatic rings. The number of benzene rings is 1. The normalized spacial score (nSPS) is 20.6. The molecular formula is C17H21NO3. The van der Waals surface area contributed by atoms with E-state index in [9.17, 15) is 9.59 Å². The summed E-state index contributed by atoms with van der Waals surface area (Å²) < 4.78 is 5.37. The summed E-state index contributed by atoms with van der Waals surface area (Å²) in [7, 11) is 0. The minimum atomic E-state index is -0.655. The number of amides is 1. The molecule has 4 heteroatoms. The summed E-state index contributed by atoms with van der Waals surface area (Å²) in [5.74, 6) is 0.233. The van der Waals surface area contributed by atoms with Crippen molar-refractivity contribution in [2.45, 2.75) is 38.7 Å². The zero-order chi connectivity index (χ0) is 14.8. The lowest BCUT2D eigenvalue weighted by molar-refractivity contribution is -0.141. The highest BCUT2D eigenvalue weighted by Crippen LogP contribution is 2.30. The van der Waals surface area contributed by atoms with Crippen molar-refractivity contribution in [3.05, 3.63) is 35.4 Å². The van der Waals surface area contributed by atoms with Crippen LogP contribution in [0.15, 0.2) is 24.3 Å². The molecule has 4 nitrogen and oxygen atoms in total. The molecule has 1 heterocycles. The van der Waals surface area contributed by atoms with Crippen LogP contribution < -0.4 is 0 Å². The second kappa shape index (κ2) is 5.88. The molecule has 21 heavy (non-hydrogen) atoms. The zero-order valence-electron chi connectivity index (χ0n) is 12.4. The topological polar surface area (TPSA) is 46.6 Å². The molecule has 0 N–H and O–H groups in total. The lowest BCUT2D eigenvalue weighted by atomic mass is 9.98. The Hall–Kier alpha value is -1.84. The summed E-state index contributed by atoms with van der Waals surface area (Å²) in [6, 6.07) is 7.37. The van der Waals surface area contributed by atoms with Gasteiger partial charge in [0.25, 0.3) is 5.91 Å². The third-order valence-corrected chi connectivity index (χ3v) is 4.15. The standard InChI is InChI=1S/C17H21NO3/c1-2-9-18(11-12-7-8-12)16(19)15-10-13-5-3-4-6-14(13)17(20)21-15/h3-6,12,15H,2,7-11H2,1H3. The van der Waals surface area contributed by atoms with E-state index in [0.29, 0.717) is 17.9 Å². The number of esters is 1. The van der Waals surface area contributed by atoms with E-state index in [2.05, 4.69) is 6.92 Å². The summed E-state index contributed by atoms with van der Waals surface area (Å²) in [5, 5.41) is 0. The molecule has 1 unspecified atom stereocenters. The number of hydrogen-bond donors (Lipinski definition) is 0. The molecule has 1 aliphatic carbocycles. The van der Waals surface area contributed by atoms with Crippen molar-refractivity contribution in [2.75, 3.05) is 13.1 Å². The van der Waals surface area contributed by atoms with Crippen molar-refractivity contribution in [2.24, 2.45) is 5.92 Å². The highest BCUT2D eigenvalue weighted by Gasteiger charge is 2.35. The van der Waals surface area contributed by atoms with Crippen LogP contribution in [0, 0.1) is 5.92 Å². The fourth-order valence-electron chi connectivity index (χ4n) is 2.85. The van der Waals surface area contributed by atoms with E-state index in [-0.39, 0.29) is 11.9 Å². The molecule has 0 bridgehead atoms. The lowest BCUT2D eigenvalue weighted by Crippen LogP contribution is -2.45. The second-order valence-electron chi connectivity index (χ2n) is 5.98. The third kappa shape index (κ3) is 3.09. The number of fused-ring (bicyclic) bond motifs is 1. The van der Waals surface area contributed by atoms with Gasteiger partial charge in [0.2, 0.25) is 0 Å². The number of carbonyl (C=O) groups excluding carboxylic acids is 2. The monoisotopic (exact) mass is 287 g/mol. The van der Waals surface area contributed by atoms with Crippen molar-refractivity contribution >= 4 is 11.9 Å². The maximum Gasteiger partial charge on any atom is 0.339 e. The molecule has 0 aromatic heterocycles. The number of nitrogens with zero attached hydrogens (tertiary/aromatic N) is 1. The molecule has 1 aliphatic heterocycles. The minimum Gasteiger partial charge on any atom is -0.448 e. The van der Waals surface area contributed by atoms with Crippen molar-refractivity contribution < 1.29 is 14.3 Å². The highest BCUT2D eigenvalue weighted by molar-refractivity contribution is 5.95. The molecule has 1 fully saturated rings. The van der Waals surface area contributed by atoms with Crippen molar-refractivity contribution in [1.29, 1.82) is 0 Å². The maximum absolute atomic E-state index is 12.7. The van der Waals surface area contributed by atoms with E-state index in [1.807, 2.05) is 23.1 Å². The molecule has 0 spiro atoms. The van der Waals surface area contributed by atoms with E-state index in [0.717, 1.165) is 25.1 Å². The van der Waals surface area contributed by atoms with Gasteiger partial charge in [-0.25, -0.2) is 4.79 Å². The first-order valence-electron chi connectivity index (χ1n) is 7.76. The fourth-order valence-corrected chi connectivity index (χ4v) is 2.85. The molecule has 2 aliphatic rings. The van der Waals surface area contributed by atoms with Crippen LogP contribution >= 0.6 is 0 Å². The molecule has 0 saturated heterocycles. The zero-order valence-corrected chi connectivity index (χ0v) is 12.4.